The molecule has 0 spiro atoms. The summed E-state index contributed by atoms with van der Waals surface area (Å²) in [7, 11) is 0. The average Bonchev–Trinajstić information content (AvgIpc) is 2.78. The minimum Gasteiger partial charge on any atom is -0.409 e. The van der Waals surface area contributed by atoms with Crippen molar-refractivity contribution in [3.63, 3.8) is 0 Å². The van der Waals surface area contributed by atoms with Crippen molar-refractivity contribution in [1.82, 2.24) is 9.80 Å². The van der Waals surface area contributed by atoms with E-state index in [1.54, 1.807) is 0 Å². The summed E-state index contributed by atoms with van der Waals surface area (Å²) in [4.78, 5) is 4.88. The van der Waals surface area contributed by atoms with E-state index in [1.165, 1.54) is 38.8 Å². The largest absolute Gasteiger partial charge is 0.409 e. The first-order valence-electron chi connectivity index (χ1n) is 6.22. The van der Waals surface area contributed by atoms with Crippen molar-refractivity contribution in [1.29, 1.82) is 0 Å². The predicted molar refractivity (Wildman–Crippen MR) is 63.7 cm³/mol. The SMILES string of the molecule is NC(CN1CCC(N2CCCCC2)C1)=NO. The van der Waals surface area contributed by atoms with E-state index in [9.17, 15) is 0 Å². The maximum atomic E-state index is 8.54. The van der Waals surface area contributed by atoms with Crippen molar-refractivity contribution < 1.29 is 5.21 Å². The molecule has 0 radical (unpaired) electrons. The number of piperidine rings is 1. The van der Waals surface area contributed by atoms with Crippen LogP contribution in [0.15, 0.2) is 5.16 Å². The lowest BCUT2D eigenvalue weighted by Crippen LogP contribution is -2.41. The Balaban J connectivity index is 1.78. The molecule has 2 aliphatic heterocycles. The van der Waals surface area contributed by atoms with Crippen LogP contribution in [0, 0.1) is 0 Å². The fourth-order valence-electron chi connectivity index (χ4n) is 2.80. The molecule has 0 aliphatic carbocycles. The monoisotopic (exact) mass is 226 g/mol. The molecule has 92 valence electrons. The molecular formula is C11H22N4O. The van der Waals surface area contributed by atoms with Crippen LogP contribution in [0.1, 0.15) is 25.7 Å². The molecule has 0 saturated carbocycles. The second-order valence-corrected chi connectivity index (χ2v) is 4.87. The highest BCUT2D eigenvalue weighted by atomic mass is 16.4. The number of rotatable bonds is 3. The summed E-state index contributed by atoms with van der Waals surface area (Å²) in [5, 5.41) is 11.6. The van der Waals surface area contributed by atoms with Gasteiger partial charge in [0.1, 0.15) is 0 Å². The first-order valence-corrected chi connectivity index (χ1v) is 6.22. The summed E-state index contributed by atoms with van der Waals surface area (Å²) < 4.78 is 0. The van der Waals surface area contributed by atoms with Crippen molar-refractivity contribution in [2.45, 2.75) is 31.7 Å². The van der Waals surface area contributed by atoms with Crippen LogP contribution < -0.4 is 5.73 Å². The van der Waals surface area contributed by atoms with Crippen molar-refractivity contribution in [3.8, 4) is 0 Å². The Morgan fingerprint density at radius 2 is 2.00 bits per heavy atom. The van der Waals surface area contributed by atoms with Crippen LogP contribution in [0.3, 0.4) is 0 Å². The highest BCUT2D eigenvalue weighted by molar-refractivity contribution is 5.81. The van der Waals surface area contributed by atoms with Gasteiger partial charge in [-0.1, -0.05) is 11.6 Å². The first-order chi connectivity index (χ1) is 7.79. The quantitative estimate of drug-likeness (QED) is 0.314. The van der Waals surface area contributed by atoms with Gasteiger partial charge in [0.25, 0.3) is 0 Å². The maximum Gasteiger partial charge on any atom is 0.153 e. The van der Waals surface area contributed by atoms with Crippen LogP contribution in [0.4, 0.5) is 0 Å². The molecule has 0 aromatic rings. The molecule has 5 heteroatoms. The number of hydrogen-bond acceptors (Lipinski definition) is 4. The van der Waals surface area contributed by atoms with E-state index in [-0.39, 0.29) is 0 Å². The number of likely N-dealkylation sites (tertiary alicyclic amines) is 2. The number of hydrogen-bond donors (Lipinski definition) is 2. The van der Waals surface area contributed by atoms with E-state index in [4.69, 9.17) is 10.9 Å². The Labute approximate surface area is 96.9 Å². The average molecular weight is 226 g/mol. The number of nitrogens with zero attached hydrogens (tertiary/aromatic N) is 3. The third-order valence-corrected chi connectivity index (χ3v) is 3.67. The van der Waals surface area contributed by atoms with E-state index in [0.29, 0.717) is 18.4 Å². The molecule has 0 amide bonds. The topological polar surface area (TPSA) is 65.1 Å². The van der Waals surface area contributed by atoms with Crippen molar-refractivity contribution in [2.75, 3.05) is 32.7 Å². The van der Waals surface area contributed by atoms with Crippen molar-refractivity contribution >= 4 is 5.84 Å². The maximum absolute atomic E-state index is 8.54. The van der Waals surface area contributed by atoms with E-state index in [1.807, 2.05) is 0 Å². The molecule has 1 unspecified atom stereocenters. The van der Waals surface area contributed by atoms with E-state index in [0.717, 1.165) is 13.1 Å². The highest BCUT2D eigenvalue weighted by Crippen LogP contribution is 2.19. The fourth-order valence-corrected chi connectivity index (χ4v) is 2.80. The van der Waals surface area contributed by atoms with Gasteiger partial charge in [0, 0.05) is 19.1 Å². The normalized spacial score (nSPS) is 29.8. The van der Waals surface area contributed by atoms with Crippen molar-refractivity contribution in [2.24, 2.45) is 10.9 Å². The van der Waals surface area contributed by atoms with Crippen LogP contribution >= 0.6 is 0 Å². The zero-order valence-corrected chi connectivity index (χ0v) is 9.81. The third-order valence-electron chi connectivity index (χ3n) is 3.67. The van der Waals surface area contributed by atoms with E-state index >= 15 is 0 Å². The zero-order valence-electron chi connectivity index (χ0n) is 9.81. The first kappa shape index (κ1) is 11.7. The Bertz CT molecular complexity index is 250. The lowest BCUT2D eigenvalue weighted by atomic mass is 10.1. The lowest BCUT2D eigenvalue weighted by Gasteiger charge is -2.32. The van der Waals surface area contributed by atoms with Gasteiger partial charge in [-0.05, 0) is 32.4 Å². The number of nitrogens with two attached hydrogens (primary N) is 1. The molecule has 2 heterocycles. The molecule has 1 atom stereocenters. The third kappa shape index (κ3) is 2.86. The van der Waals surface area contributed by atoms with E-state index < -0.39 is 0 Å². The number of oxime groups is 1. The minimum atomic E-state index is 0.319. The standard InChI is InChI=1S/C11H22N4O/c12-11(13-16)9-14-7-4-10(8-14)15-5-2-1-3-6-15/h10,16H,1-9H2,(H2,12,13). The van der Waals surface area contributed by atoms with Crippen LogP contribution in [-0.2, 0) is 0 Å². The minimum absolute atomic E-state index is 0.319. The number of amidine groups is 1. The Hall–Kier alpha value is -0.810. The van der Waals surface area contributed by atoms with Crippen LogP contribution in [0.25, 0.3) is 0 Å². The van der Waals surface area contributed by atoms with Gasteiger partial charge in [-0.3, -0.25) is 9.80 Å². The van der Waals surface area contributed by atoms with E-state index in [2.05, 4.69) is 15.0 Å². The molecule has 3 N–H and O–H groups in total. The summed E-state index contributed by atoms with van der Waals surface area (Å²) in [6.45, 7) is 5.23. The Morgan fingerprint density at radius 1 is 1.25 bits per heavy atom. The van der Waals surface area contributed by atoms with Crippen LogP contribution in [0.2, 0.25) is 0 Å². The molecule has 2 fully saturated rings. The molecular weight excluding hydrogens is 204 g/mol. The van der Waals surface area contributed by atoms with Gasteiger partial charge in [0.05, 0.1) is 6.54 Å². The molecule has 0 bridgehead atoms. The molecule has 2 aliphatic rings. The summed E-state index contributed by atoms with van der Waals surface area (Å²) in [5.74, 6) is 0.319. The molecule has 16 heavy (non-hydrogen) atoms. The second kappa shape index (κ2) is 5.50. The Kier molecular flexibility index (Phi) is 4.01. The Morgan fingerprint density at radius 3 is 2.69 bits per heavy atom. The summed E-state index contributed by atoms with van der Waals surface area (Å²) in [6, 6.07) is 0.687. The van der Waals surface area contributed by atoms with Gasteiger partial charge < -0.3 is 10.9 Å². The second-order valence-electron chi connectivity index (χ2n) is 4.87. The van der Waals surface area contributed by atoms with Gasteiger partial charge in [-0.2, -0.15) is 0 Å². The zero-order chi connectivity index (χ0) is 11.4. The summed E-state index contributed by atoms with van der Waals surface area (Å²) in [5.41, 5.74) is 5.52. The molecule has 2 rings (SSSR count). The lowest BCUT2D eigenvalue weighted by molar-refractivity contribution is 0.164. The van der Waals surface area contributed by atoms with Gasteiger partial charge in [-0.25, -0.2) is 0 Å². The van der Waals surface area contributed by atoms with Gasteiger partial charge in [0.15, 0.2) is 5.84 Å². The van der Waals surface area contributed by atoms with Gasteiger partial charge in [-0.15, -0.1) is 0 Å². The molecule has 2 saturated heterocycles. The molecule has 5 nitrogen and oxygen atoms in total. The van der Waals surface area contributed by atoms with Crippen LogP contribution in [0.5, 0.6) is 0 Å². The molecule has 0 aromatic heterocycles. The molecule has 0 aromatic carbocycles. The summed E-state index contributed by atoms with van der Waals surface area (Å²) in [6.07, 6.45) is 5.29. The van der Waals surface area contributed by atoms with Crippen LogP contribution in [-0.4, -0.2) is 59.6 Å². The highest BCUT2D eigenvalue weighted by Gasteiger charge is 2.28. The predicted octanol–water partition coefficient (Wildman–Crippen LogP) is 0.293. The summed E-state index contributed by atoms with van der Waals surface area (Å²) >= 11 is 0. The van der Waals surface area contributed by atoms with Crippen molar-refractivity contribution in [3.05, 3.63) is 0 Å². The van der Waals surface area contributed by atoms with Gasteiger partial charge in [0.2, 0.25) is 0 Å². The fraction of sp³-hybridized carbons (Fsp3) is 0.909. The smallest absolute Gasteiger partial charge is 0.153 e. The van der Waals surface area contributed by atoms with Gasteiger partial charge >= 0.3 is 0 Å².